The van der Waals surface area contributed by atoms with Gasteiger partial charge in [-0.2, -0.15) is 0 Å². The smallest absolute Gasteiger partial charge is 0.248 e. The van der Waals surface area contributed by atoms with E-state index in [0.29, 0.717) is 13.2 Å². The van der Waals surface area contributed by atoms with Crippen LogP contribution in [0.3, 0.4) is 0 Å². The Morgan fingerprint density at radius 1 is 1.18 bits per heavy atom. The van der Waals surface area contributed by atoms with Crippen molar-refractivity contribution in [1.82, 2.24) is 9.80 Å². The van der Waals surface area contributed by atoms with E-state index >= 15 is 0 Å². The minimum absolute atomic E-state index is 0.0410. The highest BCUT2D eigenvalue weighted by molar-refractivity contribution is 5.77. The highest BCUT2D eigenvalue weighted by Crippen LogP contribution is 2.41. The number of methoxy groups -OCH3 is 2. The lowest BCUT2D eigenvalue weighted by Crippen LogP contribution is -2.68. The van der Waals surface area contributed by atoms with E-state index in [1.54, 1.807) is 14.2 Å². The van der Waals surface area contributed by atoms with Gasteiger partial charge in [0, 0.05) is 50.9 Å². The maximum absolute atomic E-state index is 12.4. The molecular formula is C22H30N2O4. The van der Waals surface area contributed by atoms with Crippen LogP contribution >= 0.6 is 0 Å². The number of aliphatic hydroxyl groups excluding tert-OH is 1. The number of fused-ring (bicyclic) bond motifs is 1. The van der Waals surface area contributed by atoms with Crippen molar-refractivity contribution in [2.75, 3.05) is 53.7 Å². The number of nitrogens with zero attached hydrogens (tertiary/aromatic N) is 2. The van der Waals surface area contributed by atoms with E-state index < -0.39 is 0 Å². The molecule has 0 radical (unpaired) electrons. The first kappa shape index (κ1) is 20.8. The molecule has 28 heavy (non-hydrogen) atoms. The van der Waals surface area contributed by atoms with E-state index in [-0.39, 0.29) is 37.1 Å². The van der Waals surface area contributed by atoms with Gasteiger partial charge in [-0.05, 0) is 37.1 Å². The summed E-state index contributed by atoms with van der Waals surface area (Å²) < 4.78 is 10.0. The summed E-state index contributed by atoms with van der Waals surface area (Å²) in [5, 5.41) is 10.00. The quantitative estimate of drug-likeness (QED) is 0.768. The van der Waals surface area contributed by atoms with E-state index in [9.17, 15) is 9.90 Å². The van der Waals surface area contributed by atoms with Crippen molar-refractivity contribution in [3.8, 4) is 11.8 Å². The molecule has 2 aliphatic rings. The van der Waals surface area contributed by atoms with Gasteiger partial charge in [0.25, 0.3) is 0 Å². The topological polar surface area (TPSA) is 62.2 Å². The molecular weight excluding hydrogens is 356 g/mol. The second-order valence-electron chi connectivity index (χ2n) is 7.42. The molecule has 1 aromatic carbocycles. The number of carbonyl (C=O) groups excluding carboxylic acids is 1. The number of hydrogen-bond acceptors (Lipinski definition) is 5. The van der Waals surface area contributed by atoms with Gasteiger partial charge in [0.15, 0.2) is 0 Å². The molecule has 0 bridgehead atoms. The van der Waals surface area contributed by atoms with Gasteiger partial charge < -0.3 is 19.5 Å². The second kappa shape index (κ2) is 10.0. The molecule has 2 fully saturated rings. The Morgan fingerprint density at radius 2 is 1.93 bits per heavy atom. The maximum Gasteiger partial charge on any atom is 0.248 e. The zero-order valence-electron chi connectivity index (χ0n) is 16.8. The minimum Gasteiger partial charge on any atom is -0.395 e. The molecule has 0 spiro atoms. The molecule has 3 atom stereocenters. The number of ether oxygens (including phenoxy) is 2. The molecule has 1 amide bonds. The largest absolute Gasteiger partial charge is 0.395 e. The number of amides is 1. The summed E-state index contributed by atoms with van der Waals surface area (Å²) in [6, 6.07) is 8.57. The van der Waals surface area contributed by atoms with Crippen LogP contribution in [0.15, 0.2) is 24.3 Å². The van der Waals surface area contributed by atoms with Gasteiger partial charge in [-0.25, -0.2) is 0 Å². The molecule has 3 rings (SSSR count). The summed E-state index contributed by atoms with van der Waals surface area (Å²) in [5.74, 6) is 6.30. The Hall–Kier alpha value is -1.91. The molecule has 0 saturated carbocycles. The third-order valence-corrected chi connectivity index (χ3v) is 5.74. The van der Waals surface area contributed by atoms with Crippen LogP contribution < -0.4 is 0 Å². The Kier molecular flexibility index (Phi) is 7.46. The van der Waals surface area contributed by atoms with Crippen LogP contribution in [0.2, 0.25) is 0 Å². The number of carbonyl (C=O) groups is 1. The van der Waals surface area contributed by atoms with Crippen molar-refractivity contribution in [3.63, 3.8) is 0 Å². The fourth-order valence-electron chi connectivity index (χ4n) is 4.38. The molecule has 2 aliphatic heterocycles. The predicted octanol–water partition coefficient (Wildman–Crippen LogP) is 1.08. The van der Waals surface area contributed by atoms with Crippen LogP contribution in [-0.2, 0) is 14.3 Å². The van der Waals surface area contributed by atoms with Gasteiger partial charge in [-0.3, -0.25) is 9.69 Å². The summed E-state index contributed by atoms with van der Waals surface area (Å²) in [5.41, 5.74) is 2.14. The van der Waals surface area contributed by atoms with Crippen molar-refractivity contribution in [2.45, 2.75) is 30.8 Å². The fraction of sp³-hybridized carbons (Fsp3) is 0.591. The van der Waals surface area contributed by atoms with E-state index in [2.05, 4.69) is 28.9 Å². The molecule has 6 nitrogen and oxygen atoms in total. The number of benzene rings is 1. The van der Waals surface area contributed by atoms with E-state index in [4.69, 9.17) is 9.47 Å². The van der Waals surface area contributed by atoms with Crippen molar-refractivity contribution in [2.24, 2.45) is 0 Å². The fourth-order valence-corrected chi connectivity index (χ4v) is 4.38. The number of rotatable bonds is 5. The maximum atomic E-state index is 12.4. The SMILES string of the molecule is COCC#Cc1ccc([C@H]2[C@H](CO)N3CCCCN(C(=O)COC)C[C@@H]23)cc1. The van der Waals surface area contributed by atoms with Crippen molar-refractivity contribution < 1.29 is 19.4 Å². The van der Waals surface area contributed by atoms with Gasteiger partial charge in [-0.1, -0.05) is 24.0 Å². The summed E-state index contributed by atoms with van der Waals surface area (Å²) >= 11 is 0. The zero-order chi connectivity index (χ0) is 19.9. The van der Waals surface area contributed by atoms with Gasteiger partial charge >= 0.3 is 0 Å². The second-order valence-corrected chi connectivity index (χ2v) is 7.42. The first-order valence-corrected chi connectivity index (χ1v) is 9.90. The lowest BCUT2D eigenvalue weighted by Gasteiger charge is -2.57. The first-order chi connectivity index (χ1) is 13.7. The minimum atomic E-state index is 0.0410. The van der Waals surface area contributed by atoms with Gasteiger partial charge in [-0.15, -0.1) is 0 Å². The average molecular weight is 386 g/mol. The number of hydrogen-bond donors (Lipinski definition) is 1. The van der Waals surface area contributed by atoms with Gasteiger partial charge in [0.05, 0.1) is 6.61 Å². The van der Waals surface area contributed by atoms with Crippen LogP contribution in [-0.4, -0.2) is 86.6 Å². The van der Waals surface area contributed by atoms with Crippen LogP contribution in [0.5, 0.6) is 0 Å². The molecule has 1 aromatic rings. The molecule has 0 aromatic heterocycles. The molecule has 2 heterocycles. The third-order valence-electron chi connectivity index (χ3n) is 5.74. The van der Waals surface area contributed by atoms with E-state index in [1.807, 2.05) is 17.0 Å². The van der Waals surface area contributed by atoms with Gasteiger partial charge in [0.1, 0.15) is 13.2 Å². The van der Waals surface area contributed by atoms with Crippen molar-refractivity contribution >= 4 is 5.91 Å². The van der Waals surface area contributed by atoms with E-state index in [0.717, 1.165) is 31.5 Å². The zero-order valence-corrected chi connectivity index (χ0v) is 16.8. The van der Waals surface area contributed by atoms with Crippen LogP contribution in [0, 0.1) is 11.8 Å². The summed E-state index contributed by atoms with van der Waals surface area (Å²) in [4.78, 5) is 16.7. The van der Waals surface area contributed by atoms with Crippen LogP contribution in [0.4, 0.5) is 0 Å². The number of aliphatic hydroxyl groups is 1. The van der Waals surface area contributed by atoms with Crippen molar-refractivity contribution in [1.29, 1.82) is 0 Å². The molecule has 1 N–H and O–H groups in total. The Bertz CT molecular complexity index is 709. The Balaban J connectivity index is 1.77. The molecule has 0 aliphatic carbocycles. The summed E-state index contributed by atoms with van der Waals surface area (Å²) in [7, 11) is 3.18. The lowest BCUT2D eigenvalue weighted by molar-refractivity contribution is -0.140. The van der Waals surface area contributed by atoms with Gasteiger partial charge in [0.2, 0.25) is 5.91 Å². The summed E-state index contributed by atoms with van der Waals surface area (Å²) in [6.07, 6.45) is 2.01. The molecule has 2 saturated heterocycles. The van der Waals surface area contributed by atoms with E-state index in [1.165, 1.54) is 5.56 Å². The standard InChI is InChI=1S/C22H30N2O4/c1-27-13-5-6-17-7-9-18(10-8-17)22-19-14-23(21(26)16-28-2)11-3-4-12-24(19)20(22)15-25/h7-10,19-20,22,25H,3-4,11-16H2,1-2H3/t19-,20-,22+/m0/s1. The third kappa shape index (κ3) is 4.56. The van der Waals surface area contributed by atoms with Crippen LogP contribution in [0.1, 0.15) is 29.9 Å². The summed E-state index contributed by atoms with van der Waals surface area (Å²) in [6.45, 7) is 3.09. The monoisotopic (exact) mass is 386 g/mol. The Labute approximate surface area is 167 Å². The highest BCUT2D eigenvalue weighted by atomic mass is 16.5. The lowest BCUT2D eigenvalue weighted by atomic mass is 9.74. The molecule has 0 unspecified atom stereocenters. The van der Waals surface area contributed by atoms with Crippen molar-refractivity contribution in [3.05, 3.63) is 35.4 Å². The molecule has 152 valence electrons. The first-order valence-electron chi connectivity index (χ1n) is 9.90. The Morgan fingerprint density at radius 3 is 2.61 bits per heavy atom. The highest BCUT2D eigenvalue weighted by Gasteiger charge is 2.49. The predicted molar refractivity (Wildman–Crippen MR) is 107 cm³/mol. The molecule has 6 heteroatoms. The van der Waals surface area contributed by atoms with Crippen LogP contribution in [0.25, 0.3) is 0 Å². The normalized spacial score (nSPS) is 25.0. The average Bonchev–Trinajstić information content (AvgIpc) is 2.68.